The summed E-state index contributed by atoms with van der Waals surface area (Å²) < 4.78 is 5.91. The number of ether oxygens (including phenoxy) is 1. The maximum Gasteiger partial charge on any atom is 0.349 e. The van der Waals surface area contributed by atoms with Gasteiger partial charge in [-0.25, -0.2) is 4.79 Å². The molecule has 0 amide bonds. The fraction of sp³-hybridized carbons (Fsp3) is 0.105. The molecule has 1 aromatic heterocycles. The summed E-state index contributed by atoms with van der Waals surface area (Å²) >= 11 is 0. The lowest BCUT2D eigenvalue weighted by Crippen LogP contribution is -2.32. The number of hydrogen-bond donors (Lipinski definition) is 2. The Balaban J connectivity index is 2.10. The van der Waals surface area contributed by atoms with E-state index < -0.39 is 11.2 Å². The number of aromatic nitrogens is 2. The van der Waals surface area contributed by atoms with Crippen molar-refractivity contribution in [1.29, 1.82) is 0 Å². The number of nitrogens with zero attached hydrogens (tertiary/aromatic N) is 2. The molecule has 132 valence electrons. The standard InChI is InChI=1S/C19H17N3O4/c1-3-6-13-9-12(10-16(26-2)17(13)23)11-20-22-18(24)14-7-4-5-8-15(14)21-19(22)25/h3-5,7-11,23H,1,6H2,2H3,(H,21,25)/b20-11+. The van der Waals surface area contributed by atoms with Crippen LogP contribution in [0.1, 0.15) is 11.1 Å². The Morgan fingerprint density at radius 1 is 1.31 bits per heavy atom. The van der Waals surface area contributed by atoms with Gasteiger partial charge in [0.1, 0.15) is 0 Å². The Kier molecular flexibility index (Phi) is 4.70. The molecule has 0 aliphatic heterocycles. The van der Waals surface area contributed by atoms with Crippen molar-refractivity contribution >= 4 is 17.1 Å². The Morgan fingerprint density at radius 2 is 2.08 bits per heavy atom. The summed E-state index contributed by atoms with van der Waals surface area (Å²) in [6, 6.07) is 9.96. The number of methoxy groups -OCH3 is 1. The normalized spacial score (nSPS) is 11.1. The van der Waals surface area contributed by atoms with Crippen LogP contribution in [0.2, 0.25) is 0 Å². The molecule has 0 aliphatic rings. The molecule has 1 heterocycles. The first-order valence-electron chi connectivity index (χ1n) is 7.84. The minimum Gasteiger partial charge on any atom is -0.504 e. The van der Waals surface area contributed by atoms with Gasteiger partial charge in [0.2, 0.25) is 0 Å². The highest BCUT2D eigenvalue weighted by Crippen LogP contribution is 2.31. The van der Waals surface area contributed by atoms with Gasteiger partial charge in [0.25, 0.3) is 5.56 Å². The monoisotopic (exact) mass is 351 g/mol. The summed E-state index contributed by atoms with van der Waals surface area (Å²) in [7, 11) is 1.44. The summed E-state index contributed by atoms with van der Waals surface area (Å²) in [5.74, 6) is 0.288. The molecule has 0 bridgehead atoms. The number of H-pyrrole nitrogens is 1. The molecule has 0 atom stereocenters. The van der Waals surface area contributed by atoms with Crippen LogP contribution in [-0.4, -0.2) is 28.1 Å². The fourth-order valence-electron chi connectivity index (χ4n) is 2.61. The maximum atomic E-state index is 12.5. The Morgan fingerprint density at radius 3 is 2.81 bits per heavy atom. The van der Waals surface area contributed by atoms with Crippen LogP contribution in [0.4, 0.5) is 0 Å². The summed E-state index contributed by atoms with van der Waals surface area (Å²) in [6.07, 6.45) is 3.44. The number of hydrogen-bond acceptors (Lipinski definition) is 5. The molecule has 2 N–H and O–H groups in total. The second kappa shape index (κ2) is 7.10. The van der Waals surface area contributed by atoms with E-state index in [2.05, 4.69) is 16.7 Å². The van der Waals surface area contributed by atoms with Crippen molar-refractivity contribution in [2.45, 2.75) is 6.42 Å². The summed E-state index contributed by atoms with van der Waals surface area (Å²) in [5, 5.41) is 14.5. The van der Waals surface area contributed by atoms with Gasteiger partial charge in [-0.05, 0) is 36.2 Å². The molecule has 2 aromatic carbocycles. The van der Waals surface area contributed by atoms with Crippen LogP contribution in [-0.2, 0) is 6.42 Å². The first-order chi connectivity index (χ1) is 12.5. The van der Waals surface area contributed by atoms with Crippen molar-refractivity contribution in [1.82, 2.24) is 9.66 Å². The number of allylic oxidation sites excluding steroid dienone is 1. The molecular weight excluding hydrogens is 334 g/mol. The molecule has 3 rings (SSSR count). The third-order valence-electron chi connectivity index (χ3n) is 3.87. The van der Waals surface area contributed by atoms with E-state index in [-0.39, 0.29) is 11.5 Å². The van der Waals surface area contributed by atoms with Crippen LogP contribution in [0.3, 0.4) is 0 Å². The second-order valence-corrected chi connectivity index (χ2v) is 5.56. The third kappa shape index (κ3) is 3.14. The van der Waals surface area contributed by atoms with Crippen LogP contribution in [0, 0.1) is 0 Å². The van der Waals surface area contributed by atoms with Gasteiger partial charge in [-0.3, -0.25) is 4.79 Å². The van der Waals surface area contributed by atoms with Crippen molar-refractivity contribution in [3.05, 3.63) is 81.0 Å². The van der Waals surface area contributed by atoms with E-state index in [1.807, 2.05) is 0 Å². The van der Waals surface area contributed by atoms with E-state index in [4.69, 9.17) is 4.74 Å². The molecule has 0 spiro atoms. The SMILES string of the molecule is C=CCc1cc(/C=N/n2c(=O)[nH]c3ccccc3c2=O)cc(OC)c1O. The van der Waals surface area contributed by atoms with E-state index in [0.717, 1.165) is 4.68 Å². The molecule has 0 unspecified atom stereocenters. The van der Waals surface area contributed by atoms with Gasteiger partial charge in [-0.15, -0.1) is 11.3 Å². The zero-order valence-corrected chi connectivity index (χ0v) is 14.1. The van der Waals surface area contributed by atoms with Gasteiger partial charge < -0.3 is 14.8 Å². The van der Waals surface area contributed by atoms with Gasteiger partial charge in [0, 0.05) is 5.56 Å². The lowest BCUT2D eigenvalue weighted by Gasteiger charge is -2.09. The fourth-order valence-corrected chi connectivity index (χ4v) is 2.61. The Labute approximate surface area is 148 Å². The van der Waals surface area contributed by atoms with Crippen LogP contribution >= 0.6 is 0 Å². The largest absolute Gasteiger partial charge is 0.504 e. The number of para-hydroxylation sites is 1. The van der Waals surface area contributed by atoms with Gasteiger partial charge in [-0.2, -0.15) is 5.10 Å². The molecule has 0 saturated heterocycles. The van der Waals surface area contributed by atoms with Crippen molar-refractivity contribution in [3.8, 4) is 11.5 Å². The zero-order valence-electron chi connectivity index (χ0n) is 14.1. The molecule has 26 heavy (non-hydrogen) atoms. The molecule has 7 heteroatoms. The topological polar surface area (TPSA) is 96.7 Å². The van der Waals surface area contributed by atoms with E-state index in [1.165, 1.54) is 13.3 Å². The van der Waals surface area contributed by atoms with Crippen molar-refractivity contribution in [3.63, 3.8) is 0 Å². The average molecular weight is 351 g/mol. The number of aromatic amines is 1. The number of phenols is 1. The van der Waals surface area contributed by atoms with Gasteiger partial charge in [0.15, 0.2) is 11.5 Å². The summed E-state index contributed by atoms with van der Waals surface area (Å²) in [6.45, 7) is 3.65. The zero-order chi connectivity index (χ0) is 18.7. The van der Waals surface area contributed by atoms with Crippen molar-refractivity contribution in [2.75, 3.05) is 7.11 Å². The Hall–Kier alpha value is -3.61. The highest BCUT2D eigenvalue weighted by atomic mass is 16.5. The van der Waals surface area contributed by atoms with Crippen LogP contribution in [0.25, 0.3) is 10.9 Å². The maximum absolute atomic E-state index is 12.5. The lowest BCUT2D eigenvalue weighted by molar-refractivity contribution is 0.371. The van der Waals surface area contributed by atoms with E-state index in [0.29, 0.717) is 28.5 Å². The van der Waals surface area contributed by atoms with E-state index in [9.17, 15) is 14.7 Å². The number of rotatable bonds is 5. The van der Waals surface area contributed by atoms with E-state index in [1.54, 1.807) is 42.5 Å². The predicted octanol–water partition coefficient (Wildman–Crippen LogP) is 2.01. The summed E-state index contributed by atoms with van der Waals surface area (Å²) in [5.41, 5.74) is 0.463. The van der Waals surface area contributed by atoms with Crippen LogP contribution < -0.4 is 16.0 Å². The number of nitrogens with one attached hydrogen (secondary N) is 1. The van der Waals surface area contributed by atoms with Gasteiger partial charge >= 0.3 is 5.69 Å². The minimum atomic E-state index is -0.637. The molecule has 0 fully saturated rings. The van der Waals surface area contributed by atoms with E-state index >= 15 is 0 Å². The first-order valence-corrected chi connectivity index (χ1v) is 7.84. The van der Waals surface area contributed by atoms with Gasteiger partial charge in [-0.1, -0.05) is 18.2 Å². The molecule has 3 aromatic rings. The number of fused-ring (bicyclic) bond motifs is 1. The van der Waals surface area contributed by atoms with Crippen LogP contribution in [0.5, 0.6) is 11.5 Å². The molecule has 0 radical (unpaired) electrons. The second-order valence-electron chi connectivity index (χ2n) is 5.56. The highest BCUT2D eigenvalue weighted by molar-refractivity contribution is 5.82. The number of phenolic OH excluding ortho intramolecular Hbond substituents is 1. The smallest absolute Gasteiger partial charge is 0.349 e. The first kappa shape index (κ1) is 17.2. The summed E-state index contributed by atoms with van der Waals surface area (Å²) in [4.78, 5) is 27.2. The molecule has 0 saturated carbocycles. The molecule has 7 nitrogen and oxygen atoms in total. The van der Waals surface area contributed by atoms with Gasteiger partial charge in [0.05, 0.1) is 24.2 Å². The number of aromatic hydroxyl groups is 1. The highest BCUT2D eigenvalue weighted by Gasteiger charge is 2.10. The predicted molar refractivity (Wildman–Crippen MR) is 100 cm³/mol. The third-order valence-corrected chi connectivity index (χ3v) is 3.87. The number of benzene rings is 2. The minimum absolute atomic E-state index is 0.0188. The molecule has 0 aliphatic carbocycles. The molecular formula is C19H17N3O4. The Bertz CT molecular complexity index is 1130. The van der Waals surface area contributed by atoms with Crippen molar-refractivity contribution in [2.24, 2.45) is 5.10 Å². The van der Waals surface area contributed by atoms with Crippen molar-refractivity contribution < 1.29 is 9.84 Å². The van der Waals surface area contributed by atoms with Crippen LogP contribution in [0.15, 0.2) is 63.7 Å². The quantitative estimate of drug-likeness (QED) is 0.543. The lowest BCUT2D eigenvalue weighted by atomic mass is 10.1. The average Bonchev–Trinajstić information content (AvgIpc) is 2.64.